The number of fused-ring (bicyclic) bond motifs is 1. The first-order valence-corrected chi connectivity index (χ1v) is 11.2. The number of hydrogen-bond acceptors (Lipinski definition) is 4. The van der Waals surface area contributed by atoms with Crippen LogP contribution < -0.4 is 9.64 Å². The molecule has 154 valence electrons. The quantitative estimate of drug-likeness (QED) is 0.378. The van der Waals surface area contributed by atoms with Crippen molar-refractivity contribution < 1.29 is 9.53 Å². The number of carbonyl (C=O) groups is 1. The van der Waals surface area contributed by atoms with Crippen molar-refractivity contribution in [2.75, 3.05) is 11.5 Å². The molecule has 0 saturated heterocycles. The van der Waals surface area contributed by atoms with Gasteiger partial charge in [-0.25, -0.2) is 4.98 Å². The van der Waals surface area contributed by atoms with Crippen molar-refractivity contribution >= 4 is 34.5 Å². The highest BCUT2D eigenvalue weighted by Crippen LogP contribution is 2.37. The first-order valence-electron chi connectivity index (χ1n) is 9.96. The van der Waals surface area contributed by atoms with E-state index in [-0.39, 0.29) is 12.5 Å². The average molecular weight is 447 g/mol. The molecule has 0 fully saturated rings. The first kappa shape index (κ1) is 19.8. The predicted molar refractivity (Wildman–Crippen MR) is 125 cm³/mol. The molecule has 0 bridgehead atoms. The van der Waals surface area contributed by atoms with Crippen LogP contribution in [0.1, 0.15) is 16.1 Å². The van der Waals surface area contributed by atoms with Crippen molar-refractivity contribution in [2.45, 2.75) is 13.0 Å². The van der Waals surface area contributed by atoms with E-state index in [0.717, 1.165) is 33.9 Å². The average Bonchev–Trinajstić information content (AvgIpc) is 3.25. The van der Waals surface area contributed by atoms with Crippen molar-refractivity contribution in [1.82, 2.24) is 4.98 Å². The molecule has 2 heterocycles. The summed E-state index contributed by atoms with van der Waals surface area (Å²) in [6.45, 7) is 0.473. The summed E-state index contributed by atoms with van der Waals surface area (Å²) in [6, 6.07) is 23.8. The fourth-order valence-electron chi connectivity index (χ4n) is 3.65. The molecule has 0 atom stereocenters. The summed E-state index contributed by atoms with van der Waals surface area (Å²) in [6.07, 6.45) is 0.804. The number of anilines is 1. The Balaban J connectivity index is 1.44. The van der Waals surface area contributed by atoms with Crippen LogP contribution in [0, 0.1) is 0 Å². The van der Waals surface area contributed by atoms with Crippen LogP contribution >= 0.6 is 22.9 Å². The molecule has 1 aliphatic heterocycles. The third-order valence-electron chi connectivity index (χ3n) is 5.18. The molecular formula is C25H19ClN2O2S. The number of nitrogens with zero attached hydrogens (tertiary/aromatic N) is 2. The second kappa shape index (κ2) is 8.53. The highest BCUT2D eigenvalue weighted by atomic mass is 35.5. The monoisotopic (exact) mass is 446 g/mol. The number of amides is 1. The number of halogens is 1. The van der Waals surface area contributed by atoms with Crippen molar-refractivity contribution in [2.24, 2.45) is 0 Å². The molecular weight excluding hydrogens is 428 g/mol. The van der Waals surface area contributed by atoms with Crippen LogP contribution in [0.3, 0.4) is 0 Å². The molecule has 31 heavy (non-hydrogen) atoms. The second-order valence-electron chi connectivity index (χ2n) is 7.37. The smallest absolute Gasteiger partial charge is 0.265 e. The van der Waals surface area contributed by atoms with E-state index in [4.69, 9.17) is 21.3 Å². The van der Waals surface area contributed by atoms with Crippen molar-refractivity contribution in [3.63, 3.8) is 0 Å². The predicted octanol–water partition coefficient (Wildman–Crippen LogP) is 5.98. The van der Waals surface area contributed by atoms with Gasteiger partial charge in [0.2, 0.25) is 0 Å². The molecule has 0 aliphatic carbocycles. The van der Waals surface area contributed by atoms with Gasteiger partial charge in [-0.3, -0.25) is 4.79 Å². The number of hydrogen-bond donors (Lipinski definition) is 0. The van der Waals surface area contributed by atoms with Crippen molar-refractivity contribution in [1.29, 1.82) is 0 Å². The zero-order valence-corrected chi connectivity index (χ0v) is 18.2. The van der Waals surface area contributed by atoms with Crippen LogP contribution in [0.2, 0.25) is 5.02 Å². The molecule has 6 heteroatoms. The molecule has 1 amide bonds. The van der Waals surface area contributed by atoms with E-state index in [1.54, 1.807) is 16.2 Å². The maximum absolute atomic E-state index is 12.7. The van der Waals surface area contributed by atoms with Crippen molar-refractivity contribution in [3.8, 4) is 17.0 Å². The highest BCUT2D eigenvalue weighted by molar-refractivity contribution is 7.10. The second-order valence-corrected chi connectivity index (χ2v) is 8.75. The van der Waals surface area contributed by atoms with E-state index in [2.05, 4.69) is 17.5 Å². The lowest BCUT2D eigenvalue weighted by atomic mass is 10.1. The summed E-state index contributed by atoms with van der Waals surface area (Å²) >= 11 is 7.77. The van der Waals surface area contributed by atoms with E-state index in [0.29, 0.717) is 17.3 Å². The standard InChI is InChI=1S/C25H19ClN2O2S/c26-20-8-4-7-18(11-20)14-28-22-13-19(9-10-23(22)30-15-25(28)29)21-16-31-24(27-21)12-17-5-2-1-3-6-17/h1-11,13,16H,12,14-15H2. The summed E-state index contributed by atoms with van der Waals surface area (Å²) in [4.78, 5) is 19.2. The molecule has 1 aromatic heterocycles. The largest absolute Gasteiger partial charge is 0.482 e. The molecule has 0 saturated carbocycles. The van der Waals surface area contributed by atoms with Gasteiger partial charge in [0.25, 0.3) is 5.91 Å². The van der Waals surface area contributed by atoms with Gasteiger partial charge in [-0.15, -0.1) is 11.3 Å². The Labute approximate surface area is 189 Å². The van der Waals surface area contributed by atoms with Gasteiger partial charge in [-0.1, -0.05) is 54.1 Å². The molecule has 4 nitrogen and oxygen atoms in total. The summed E-state index contributed by atoms with van der Waals surface area (Å²) in [5, 5.41) is 3.77. The highest BCUT2D eigenvalue weighted by Gasteiger charge is 2.26. The lowest BCUT2D eigenvalue weighted by molar-refractivity contribution is -0.121. The first-order chi connectivity index (χ1) is 15.2. The van der Waals surface area contributed by atoms with E-state index < -0.39 is 0 Å². The lowest BCUT2D eigenvalue weighted by Gasteiger charge is -2.30. The van der Waals surface area contributed by atoms with Crippen LogP contribution in [0.15, 0.2) is 78.2 Å². The molecule has 5 rings (SSSR count). The van der Waals surface area contributed by atoms with Crippen LogP contribution in [0.5, 0.6) is 5.75 Å². The lowest BCUT2D eigenvalue weighted by Crippen LogP contribution is -2.38. The van der Waals surface area contributed by atoms with Gasteiger partial charge in [-0.05, 0) is 41.5 Å². The summed E-state index contributed by atoms with van der Waals surface area (Å²) in [7, 11) is 0. The Bertz CT molecular complexity index is 1240. The van der Waals surface area contributed by atoms with Crippen LogP contribution in [-0.4, -0.2) is 17.5 Å². The zero-order valence-electron chi connectivity index (χ0n) is 16.6. The Morgan fingerprint density at radius 2 is 1.84 bits per heavy atom. The van der Waals surface area contributed by atoms with Gasteiger partial charge in [0.05, 0.1) is 22.9 Å². The van der Waals surface area contributed by atoms with Gasteiger partial charge in [-0.2, -0.15) is 0 Å². The summed E-state index contributed by atoms with van der Waals surface area (Å²) in [5.41, 5.74) is 4.83. The van der Waals surface area contributed by atoms with Gasteiger partial charge in [0, 0.05) is 22.4 Å². The Morgan fingerprint density at radius 1 is 1.00 bits per heavy atom. The minimum Gasteiger partial charge on any atom is -0.482 e. The molecule has 0 radical (unpaired) electrons. The normalized spacial score (nSPS) is 13.1. The van der Waals surface area contributed by atoms with Gasteiger partial charge in [0.1, 0.15) is 5.75 Å². The third kappa shape index (κ3) is 4.33. The number of benzene rings is 3. The number of ether oxygens (including phenoxy) is 1. The van der Waals surface area contributed by atoms with Crippen LogP contribution in [-0.2, 0) is 17.8 Å². The SMILES string of the molecule is O=C1COc2ccc(-c3csc(Cc4ccccc4)n3)cc2N1Cc1cccc(Cl)c1. The Morgan fingerprint density at radius 3 is 2.68 bits per heavy atom. The summed E-state index contributed by atoms with van der Waals surface area (Å²) < 4.78 is 5.67. The molecule has 4 aromatic rings. The number of aromatic nitrogens is 1. The maximum Gasteiger partial charge on any atom is 0.265 e. The van der Waals surface area contributed by atoms with E-state index >= 15 is 0 Å². The fourth-order valence-corrected chi connectivity index (χ4v) is 4.70. The Hall–Kier alpha value is -3.15. The van der Waals surface area contributed by atoms with Crippen LogP contribution in [0.25, 0.3) is 11.3 Å². The number of carbonyl (C=O) groups excluding carboxylic acids is 1. The molecule has 0 unspecified atom stereocenters. The minimum absolute atomic E-state index is 0.0326. The maximum atomic E-state index is 12.7. The summed E-state index contributed by atoms with van der Waals surface area (Å²) in [5.74, 6) is 0.623. The fraction of sp³-hybridized carbons (Fsp3) is 0.120. The molecule has 0 N–H and O–H groups in total. The van der Waals surface area contributed by atoms with E-state index in [1.165, 1.54) is 5.56 Å². The number of rotatable bonds is 5. The third-order valence-corrected chi connectivity index (χ3v) is 6.26. The van der Waals surface area contributed by atoms with Gasteiger partial charge >= 0.3 is 0 Å². The molecule has 3 aromatic carbocycles. The van der Waals surface area contributed by atoms with Gasteiger partial charge < -0.3 is 9.64 Å². The molecule has 1 aliphatic rings. The number of thiazole rings is 1. The van der Waals surface area contributed by atoms with Gasteiger partial charge in [0.15, 0.2) is 6.61 Å². The zero-order chi connectivity index (χ0) is 21.2. The Kier molecular flexibility index (Phi) is 5.45. The minimum atomic E-state index is -0.0762. The van der Waals surface area contributed by atoms with Crippen molar-refractivity contribution in [3.05, 3.63) is 99.3 Å². The topological polar surface area (TPSA) is 42.4 Å². The molecule has 0 spiro atoms. The van der Waals surface area contributed by atoms with Crippen LogP contribution in [0.4, 0.5) is 5.69 Å². The van der Waals surface area contributed by atoms with E-state index in [1.807, 2.05) is 60.7 Å². The van der Waals surface area contributed by atoms with E-state index in [9.17, 15) is 4.79 Å².